The third kappa shape index (κ3) is 3.80. The minimum atomic E-state index is -0.265. The van der Waals surface area contributed by atoms with Crippen molar-refractivity contribution in [1.82, 2.24) is 19.7 Å². The lowest BCUT2D eigenvalue weighted by molar-refractivity contribution is -0.139. The molecule has 7 heteroatoms. The van der Waals surface area contributed by atoms with Gasteiger partial charge in [-0.05, 0) is 18.9 Å². The van der Waals surface area contributed by atoms with E-state index >= 15 is 0 Å². The molecule has 0 radical (unpaired) electrons. The van der Waals surface area contributed by atoms with Gasteiger partial charge < -0.3 is 4.74 Å². The molecule has 0 bridgehead atoms. The van der Waals surface area contributed by atoms with Crippen LogP contribution in [-0.4, -0.2) is 38.1 Å². The second-order valence-electron chi connectivity index (χ2n) is 3.94. The molecule has 2 rings (SSSR count). The van der Waals surface area contributed by atoms with Gasteiger partial charge in [-0.3, -0.25) is 4.79 Å². The highest BCUT2D eigenvalue weighted by molar-refractivity contribution is 7.99. The van der Waals surface area contributed by atoms with E-state index in [0.29, 0.717) is 17.6 Å². The monoisotopic (exact) mass is 292 g/mol. The second-order valence-corrected chi connectivity index (χ2v) is 4.88. The van der Waals surface area contributed by atoms with E-state index in [1.54, 1.807) is 23.9 Å². The molecule has 0 aliphatic rings. The SMILES string of the molecule is CCOC(=O)CSc1nccc(-n2cc(CC)cn2)n1. The first-order chi connectivity index (χ1) is 9.72. The third-order valence-electron chi connectivity index (χ3n) is 2.52. The van der Waals surface area contributed by atoms with Crippen molar-refractivity contribution in [2.75, 3.05) is 12.4 Å². The summed E-state index contributed by atoms with van der Waals surface area (Å²) in [4.78, 5) is 19.8. The van der Waals surface area contributed by atoms with Crippen LogP contribution in [0.2, 0.25) is 0 Å². The van der Waals surface area contributed by atoms with Crippen LogP contribution < -0.4 is 0 Å². The maximum absolute atomic E-state index is 11.3. The van der Waals surface area contributed by atoms with Gasteiger partial charge in [0, 0.05) is 18.5 Å². The molecule has 20 heavy (non-hydrogen) atoms. The maximum atomic E-state index is 11.3. The standard InChI is InChI=1S/C13H16N4O2S/c1-3-10-7-15-17(8-10)11-5-6-14-13(16-11)20-9-12(18)19-4-2/h5-8H,3-4,9H2,1-2H3. The molecule has 0 amide bonds. The van der Waals surface area contributed by atoms with Crippen molar-refractivity contribution in [2.24, 2.45) is 0 Å². The highest BCUT2D eigenvalue weighted by atomic mass is 32.2. The summed E-state index contributed by atoms with van der Waals surface area (Å²) in [6, 6.07) is 1.78. The van der Waals surface area contributed by atoms with Crippen LogP contribution in [0.5, 0.6) is 0 Å². The molecule has 0 saturated carbocycles. The topological polar surface area (TPSA) is 69.9 Å². The van der Waals surface area contributed by atoms with Crippen LogP contribution in [0.4, 0.5) is 0 Å². The molecule has 2 aromatic rings. The van der Waals surface area contributed by atoms with Gasteiger partial charge in [0.25, 0.3) is 0 Å². The van der Waals surface area contributed by atoms with Crippen molar-refractivity contribution in [3.05, 3.63) is 30.2 Å². The first kappa shape index (κ1) is 14.5. The van der Waals surface area contributed by atoms with Crippen molar-refractivity contribution in [3.63, 3.8) is 0 Å². The van der Waals surface area contributed by atoms with E-state index in [0.717, 1.165) is 12.0 Å². The molecule has 2 heterocycles. The highest BCUT2D eigenvalue weighted by Gasteiger charge is 2.07. The average Bonchev–Trinajstić information content (AvgIpc) is 2.95. The van der Waals surface area contributed by atoms with Gasteiger partial charge in [0.1, 0.15) is 0 Å². The first-order valence-corrected chi connectivity index (χ1v) is 7.37. The molecule has 0 N–H and O–H groups in total. The van der Waals surface area contributed by atoms with Gasteiger partial charge in [-0.15, -0.1) is 0 Å². The smallest absolute Gasteiger partial charge is 0.316 e. The Bertz CT molecular complexity index is 585. The molecular weight excluding hydrogens is 276 g/mol. The number of thioether (sulfide) groups is 1. The quantitative estimate of drug-likeness (QED) is 0.460. The van der Waals surface area contributed by atoms with Crippen LogP contribution in [0.15, 0.2) is 29.8 Å². The molecule has 0 fully saturated rings. The Balaban J connectivity index is 2.06. The largest absolute Gasteiger partial charge is 0.465 e. The van der Waals surface area contributed by atoms with Crippen LogP contribution in [0, 0.1) is 0 Å². The zero-order valence-electron chi connectivity index (χ0n) is 11.4. The fraction of sp³-hybridized carbons (Fsp3) is 0.385. The summed E-state index contributed by atoms with van der Waals surface area (Å²) in [5, 5.41) is 4.78. The molecule has 0 atom stereocenters. The summed E-state index contributed by atoms with van der Waals surface area (Å²) in [6.07, 6.45) is 6.33. The molecule has 106 valence electrons. The second kappa shape index (κ2) is 7.04. The minimum Gasteiger partial charge on any atom is -0.465 e. The number of nitrogens with zero attached hydrogens (tertiary/aromatic N) is 4. The van der Waals surface area contributed by atoms with Gasteiger partial charge in [0.15, 0.2) is 11.0 Å². The zero-order valence-corrected chi connectivity index (χ0v) is 12.3. The predicted molar refractivity (Wildman–Crippen MR) is 75.9 cm³/mol. The van der Waals surface area contributed by atoms with E-state index < -0.39 is 0 Å². The molecule has 0 aliphatic heterocycles. The summed E-state index contributed by atoms with van der Waals surface area (Å²) in [5.41, 5.74) is 1.14. The van der Waals surface area contributed by atoms with E-state index in [9.17, 15) is 4.79 Å². The molecule has 0 saturated heterocycles. The van der Waals surface area contributed by atoms with E-state index in [1.807, 2.05) is 12.4 Å². The van der Waals surface area contributed by atoms with Gasteiger partial charge in [-0.1, -0.05) is 18.7 Å². The summed E-state index contributed by atoms with van der Waals surface area (Å²) in [6.45, 7) is 4.23. The van der Waals surface area contributed by atoms with E-state index in [4.69, 9.17) is 4.74 Å². The van der Waals surface area contributed by atoms with E-state index in [1.165, 1.54) is 11.8 Å². The van der Waals surface area contributed by atoms with Gasteiger partial charge in [0.05, 0.1) is 18.6 Å². The number of aryl methyl sites for hydroxylation is 1. The lowest BCUT2D eigenvalue weighted by Crippen LogP contribution is -2.07. The number of carbonyl (C=O) groups excluding carboxylic acids is 1. The molecule has 6 nitrogen and oxygen atoms in total. The Morgan fingerprint density at radius 1 is 1.45 bits per heavy atom. The van der Waals surface area contributed by atoms with Crippen molar-refractivity contribution in [3.8, 4) is 5.82 Å². The van der Waals surface area contributed by atoms with Gasteiger partial charge in [-0.25, -0.2) is 14.6 Å². The fourth-order valence-corrected chi connectivity index (χ4v) is 2.15. The summed E-state index contributed by atoms with van der Waals surface area (Å²) in [7, 11) is 0. The lowest BCUT2D eigenvalue weighted by Gasteiger charge is -2.03. The molecule has 0 aromatic carbocycles. The number of carbonyl (C=O) groups is 1. The van der Waals surface area contributed by atoms with Crippen LogP contribution in [0.25, 0.3) is 5.82 Å². The highest BCUT2D eigenvalue weighted by Crippen LogP contribution is 2.14. The molecular formula is C13H16N4O2S. The van der Waals surface area contributed by atoms with E-state index in [2.05, 4.69) is 22.0 Å². The molecule has 0 spiro atoms. The minimum absolute atomic E-state index is 0.205. The van der Waals surface area contributed by atoms with Crippen LogP contribution >= 0.6 is 11.8 Å². The average molecular weight is 292 g/mol. The number of rotatable bonds is 6. The molecule has 0 unspecified atom stereocenters. The summed E-state index contributed by atoms with van der Waals surface area (Å²) < 4.78 is 6.57. The summed E-state index contributed by atoms with van der Waals surface area (Å²) >= 11 is 1.25. The van der Waals surface area contributed by atoms with Gasteiger partial charge in [0.2, 0.25) is 0 Å². The molecule has 0 aliphatic carbocycles. The molecule has 2 aromatic heterocycles. The number of hydrogen-bond donors (Lipinski definition) is 0. The number of hydrogen-bond acceptors (Lipinski definition) is 6. The normalized spacial score (nSPS) is 10.5. The van der Waals surface area contributed by atoms with Crippen LogP contribution in [0.3, 0.4) is 0 Å². The van der Waals surface area contributed by atoms with Crippen molar-refractivity contribution < 1.29 is 9.53 Å². The van der Waals surface area contributed by atoms with Gasteiger partial charge in [-0.2, -0.15) is 5.10 Å². The lowest BCUT2D eigenvalue weighted by atomic mass is 10.3. The Morgan fingerprint density at radius 3 is 3.00 bits per heavy atom. The predicted octanol–water partition coefficient (Wildman–Crippen LogP) is 1.88. The Morgan fingerprint density at radius 2 is 2.30 bits per heavy atom. The van der Waals surface area contributed by atoms with Crippen molar-refractivity contribution >= 4 is 17.7 Å². The number of aromatic nitrogens is 4. The Kier molecular flexibility index (Phi) is 5.11. The van der Waals surface area contributed by atoms with Crippen molar-refractivity contribution in [2.45, 2.75) is 25.4 Å². The number of ether oxygens (including phenoxy) is 1. The first-order valence-electron chi connectivity index (χ1n) is 6.38. The van der Waals surface area contributed by atoms with Crippen LogP contribution in [0.1, 0.15) is 19.4 Å². The summed E-state index contributed by atoms with van der Waals surface area (Å²) in [5.74, 6) is 0.626. The maximum Gasteiger partial charge on any atom is 0.316 e. The number of esters is 1. The third-order valence-corrected chi connectivity index (χ3v) is 3.36. The van der Waals surface area contributed by atoms with Gasteiger partial charge >= 0.3 is 5.97 Å². The fourth-order valence-electron chi connectivity index (χ4n) is 1.52. The van der Waals surface area contributed by atoms with Crippen LogP contribution in [-0.2, 0) is 16.0 Å². The van der Waals surface area contributed by atoms with E-state index in [-0.39, 0.29) is 11.7 Å². The Labute approximate surface area is 121 Å². The zero-order chi connectivity index (χ0) is 14.4. The Hall–Kier alpha value is -1.89. The van der Waals surface area contributed by atoms with Crippen molar-refractivity contribution in [1.29, 1.82) is 0 Å².